The van der Waals surface area contributed by atoms with E-state index in [9.17, 15) is 4.79 Å². The highest BCUT2D eigenvalue weighted by Gasteiger charge is 2.30. The summed E-state index contributed by atoms with van der Waals surface area (Å²) in [6.07, 6.45) is 1.90. The zero-order valence-electron chi connectivity index (χ0n) is 11.3. The van der Waals surface area contributed by atoms with Crippen molar-refractivity contribution in [3.8, 4) is 0 Å². The van der Waals surface area contributed by atoms with E-state index in [4.69, 9.17) is 5.84 Å². The highest BCUT2D eigenvalue weighted by atomic mass is 16.2. The predicted octanol–water partition coefficient (Wildman–Crippen LogP) is -0.219. The van der Waals surface area contributed by atoms with Crippen LogP contribution in [0.1, 0.15) is 24.4 Å². The molecule has 2 rings (SSSR count). The van der Waals surface area contributed by atoms with Crippen molar-refractivity contribution in [1.82, 2.24) is 20.2 Å². The van der Waals surface area contributed by atoms with Crippen LogP contribution in [-0.4, -0.2) is 40.4 Å². The summed E-state index contributed by atoms with van der Waals surface area (Å²) in [5, 5.41) is 2.70. The quantitative estimate of drug-likeness (QED) is 0.514. The molecule has 1 aliphatic rings. The normalized spacial score (nSPS) is 19.4. The van der Waals surface area contributed by atoms with Crippen molar-refractivity contribution < 1.29 is 4.79 Å². The number of likely N-dealkylation sites (N-methyl/N-ethyl adjacent to an activating group) is 1. The molecule has 4 N–H and O–H groups in total. The zero-order chi connectivity index (χ0) is 13.8. The third kappa shape index (κ3) is 3.18. The van der Waals surface area contributed by atoms with Crippen molar-refractivity contribution in [2.75, 3.05) is 19.0 Å². The van der Waals surface area contributed by atoms with Crippen LogP contribution in [0.5, 0.6) is 0 Å². The Morgan fingerprint density at radius 1 is 1.58 bits per heavy atom. The van der Waals surface area contributed by atoms with E-state index in [-0.39, 0.29) is 11.9 Å². The lowest BCUT2D eigenvalue weighted by Gasteiger charge is -2.22. The van der Waals surface area contributed by atoms with Crippen molar-refractivity contribution in [1.29, 1.82) is 0 Å². The molecule has 0 saturated carbocycles. The molecule has 0 radical (unpaired) electrons. The van der Waals surface area contributed by atoms with Crippen LogP contribution in [0.25, 0.3) is 0 Å². The van der Waals surface area contributed by atoms with E-state index >= 15 is 0 Å². The number of nitrogen functional groups attached to an aromatic ring is 1. The van der Waals surface area contributed by atoms with Crippen molar-refractivity contribution in [2.24, 2.45) is 5.84 Å². The number of nitrogens with zero attached hydrogens (tertiary/aromatic N) is 3. The first-order valence-corrected chi connectivity index (χ1v) is 6.41. The van der Waals surface area contributed by atoms with Gasteiger partial charge in [0.1, 0.15) is 11.6 Å². The molecule has 1 aromatic rings. The molecule has 1 unspecified atom stereocenters. The van der Waals surface area contributed by atoms with Crippen LogP contribution >= 0.6 is 0 Å². The Labute approximate surface area is 112 Å². The highest BCUT2D eigenvalue weighted by Crippen LogP contribution is 2.19. The number of nitrogens with one attached hydrogen (secondary N) is 2. The smallest absolute Gasteiger partial charge is 0.237 e. The van der Waals surface area contributed by atoms with Crippen LogP contribution in [0.4, 0.5) is 5.82 Å². The largest absolute Gasteiger partial charge is 0.358 e. The van der Waals surface area contributed by atoms with E-state index in [2.05, 4.69) is 25.6 Å². The van der Waals surface area contributed by atoms with Gasteiger partial charge in [0.15, 0.2) is 0 Å². The molecule has 0 spiro atoms. The molecule has 7 heteroatoms. The van der Waals surface area contributed by atoms with Gasteiger partial charge in [-0.1, -0.05) is 0 Å². The van der Waals surface area contributed by atoms with Crippen LogP contribution < -0.4 is 16.6 Å². The summed E-state index contributed by atoms with van der Waals surface area (Å²) >= 11 is 0. The molecule has 1 fully saturated rings. The first-order chi connectivity index (χ1) is 9.13. The lowest BCUT2D eigenvalue weighted by Crippen LogP contribution is -2.41. The van der Waals surface area contributed by atoms with Gasteiger partial charge in [0, 0.05) is 18.8 Å². The molecule has 1 atom stereocenters. The minimum Gasteiger partial charge on any atom is -0.358 e. The molecule has 19 heavy (non-hydrogen) atoms. The van der Waals surface area contributed by atoms with E-state index in [0.717, 1.165) is 25.1 Å². The minimum absolute atomic E-state index is 0.0577. The first kappa shape index (κ1) is 13.7. The molecule has 0 aliphatic carbocycles. The third-order valence-corrected chi connectivity index (χ3v) is 3.31. The van der Waals surface area contributed by atoms with Crippen LogP contribution in [0.15, 0.2) is 6.07 Å². The first-order valence-electron chi connectivity index (χ1n) is 6.41. The summed E-state index contributed by atoms with van der Waals surface area (Å²) in [6.45, 7) is 3.35. The van der Waals surface area contributed by atoms with E-state index in [1.54, 1.807) is 13.1 Å². The van der Waals surface area contributed by atoms with Crippen molar-refractivity contribution in [3.05, 3.63) is 17.6 Å². The molecule has 1 aliphatic heterocycles. The number of carbonyl (C=O) groups excluding carboxylic acids is 1. The monoisotopic (exact) mass is 264 g/mol. The number of aromatic nitrogens is 2. The van der Waals surface area contributed by atoms with Crippen LogP contribution in [0.2, 0.25) is 0 Å². The number of anilines is 1. The number of hydrogen-bond acceptors (Lipinski definition) is 6. The fourth-order valence-electron chi connectivity index (χ4n) is 2.44. The van der Waals surface area contributed by atoms with Gasteiger partial charge in [-0.2, -0.15) is 0 Å². The summed E-state index contributed by atoms with van der Waals surface area (Å²) in [5.41, 5.74) is 3.38. The van der Waals surface area contributed by atoms with Gasteiger partial charge in [0.2, 0.25) is 5.91 Å². The fraction of sp³-hybridized carbons (Fsp3) is 0.583. The van der Waals surface area contributed by atoms with E-state index in [1.165, 1.54) is 0 Å². The van der Waals surface area contributed by atoms with Gasteiger partial charge in [-0.15, -0.1) is 0 Å². The Bertz CT molecular complexity index is 464. The molecule has 1 aromatic heterocycles. The van der Waals surface area contributed by atoms with Crippen LogP contribution in [-0.2, 0) is 11.3 Å². The Balaban J connectivity index is 2.11. The number of likely N-dealkylation sites (tertiary alicyclic amines) is 1. The van der Waals surface area contributed by atoms with Gasteiger partial charge < -0.3 is 10.7 Å². The molecule has 1 saturated heterocycles. The topological polar surface area (TPSA) is 96.2 Å². The number of aryl methyl sites for hydroxylation is 1. The van der Waals surface area contributed by atoms with E-state index < -0.39 is 0 Å². The van der Waals surface area contributed by atoms with Gasteiger partial charge in [-0.25, -0.2) is 15.8 Å². The number of nitrogens with two attached hydrogens (primary N) is 1. The molecule has 7 nitrogen and oxygen atoms in total. The Hall–Kier alpha value is -1.73. The van der Waals surface area contributed by atoms with Crippen molar-refractivity contribution >= 4 is 11.7 Å². The Kier molecular flexibility index (Phi) is 4.28. The van der Waals surface area contributed by atoms with Crippen LogP contribution in [0, 0.1) is 6.92 Å². The average molecular weight is 264 g/mol. The average Bonchev–Trinajstić information content (AvgIpc) is 2.85. The second kappa shape index (κ2) is 5.94. The summed E-state index contributed by atoms with van der Waals surface area (Å²) in [4.78, 5) is 22.6. The molecule has 104 valence electrons. The maximum absolute atomic E-state index is 11.8. The molecule has 0 bridgehead atoms. The van der Waals surface area contributed by atoms with Gasteiger partial charge >= 0.3 is 0 Å². The van der Waals surface area contributed by atoms with Crippen LogP contribution in [0.3, 0.4) is 0 Å². The number of rotatable bonds is 4. The fourth-order valence-corrected chi connectivity index (χ4v) is 2.44. The van der Waals surface area contributed by atoms with Crippen molar-refractivity contribution in [3.63, 3.8) is 0 Å². The van der Waals surface area contributed by atoms with E-state index in [0.29, 0.717) is 18.2 Å². The third-order valence-electron chi connectivity index (χ3n) is 3.31. The number of hydrazine groups is 1. The lowest BCUT2D eigenvalue weighted by atomic mass is 10.2. The highest BCUT2D eigenvalue weighted by molar-refractivity contribution is 5.81. The molecule has 1 amide bonds. The number of hydrogen-bond donors (Lipinski definition) is 3. The number of amides is 1. The SMILES string of the molecule is CNC(=O)C1CCCN1Cc1nc(C)cc(NN)n1. The second-order valence-corrected chi connectivity index (χ2v) is 4.70. The second-order valence-electron chi connectivity index (χ2n) is 4.70. The summed E-state index contributed by atoms with van der Waals surface area (Å²) in [5.74, 6) is 6.71. The summed E-state index contributed by atoms with van der Waals surface area (Å²) in [6, 6.07) is 1.70. The predicted molar refractivity (Wildman–Crippen MR) is 72.1 cm³/mol. The van der Waals surface area contributed by atoms with Gasteiger partial charge in [0.05, 0.1) is 12.6 Å². The zero-order valence-corrected chi connectivity index (χ0v) is 11.3. The van der Waals surface area contributed by atoms with Gasteiger partial charge in [0.25, 0.3) is 0 Å². The lowest BCUT2D eigenvalue weighted by molar-refractivity contribution is -0.125. The molecular weight excluding hydrogens is 244 g/mol. The van der Waals surface area contributed by atoms with E-state index in [1.807, 2.05) is 6.92 Å². The molecule has 0 aromatic carbocycles. The Morgan fingerprint density at radius 3 is 3.05 bits per heavy atom. The summed E-state index contributed by atoms with van der Waals surface area (Å²) < 4.78 is 0. The summed E-state index contributed by atoms with van der Waals surface area (Å²) in [7, 11) is 1.67. The van der Waals surface area contributed by atoms with Crippen molar-refractivity contribution in [2.45, 2.75) is 32.4 Å². The molecular formula is C12H20N6O. The minimum atomic E-state index is -0.0802. The standard InChI is InChI=1S/C12H20N6O/c1-8-6-10(17-13)16-11(15-8)7-18-5-3-4-9(18)12(19)14-2/h6,9H,3-5,7,13H2,1-2H3,(H,14,19)(H,15,16,17). The van der Waals surface area contributed by atoms with Gasteiger partial charge in [-0.3, -0.25) is 9.69 Å². The maximum atomic E-state index is 11.8. The molecule has 2 heterocycles. The number of carbonyl (C=O) groups is 1. The Morgan fingerprint density at radius 2 is 2.37 bits per heavy atom. The van der Waals surface area contributed by atoms with Gasteiger partial charge in [-0.05, 0) is 26.3 Å². The maximum Gasteiger partial charge on any atom is 0.237 e.